The molecule has 0 radical (unpaired) electrons. The number of hydrogen-bond donors (Lipinski definition) is 1. The van der Waals surface area contributed by atoms with Crippen molar-refractivity contribution in [2.24, 2.45) is 0 Å². The molecule has 0 saturated carbocycles. The summed E-state index contributed by atoms with van der Waals surface area (Å²) in [5, 5.41) is 7.24. The van der Waals surface area contributed by atoms with E-state index >= 15 is 0 Å². The minimum atomic E-state index is -0.198. The number of nitrogens with one attached hydrogen (secondary N) is 1. The van der Waals surface area contributed by atoms with Gasteiger partial charge in [0.2, 0.25) is 0 Å². The molecule has 0 atom stereocenters. The lowest BCUT2D eigenvalue weighted by Crippen LogP contribution is -2.12. The van der Waals surface area contributed by atoms with E-state index in [9.17, 15) is 4.79 Å². The first-order valence-electron chi connectivity index (χ1n) is 10.0. The fraction of sp³-hybridized carbons (Fsp3) is 0.120. The summed E-state index contributed by atoms with van der Waals surface area (Å²) in [4.78, 5) is 12.7. The number of carbonyl (C=O) groups is 1. The Morgan fingerprint density at radius 3 is 2.59 bits per heavy atom. The summed E-state index contributed by atoms with van der Waals surface area (Å²) in [5.41, 5.74) is 3.16. The zero-order chi connectivity index (χ0) is 22.3. The molecule has 162 valence electrons. The molecular formula is C25H22BrN3O3. The van der Waals surface area contributed by atoms with Gasteiger partial charge < -0.3 is 14.8 Å². The van der Waals surface area contributed by atoms with E-state index in [1.54, 1.807) is 30.3 Å². The smallest absolute Gasteiger partial charge is 0.255 e. The lowest BCUT2D eigenvalue weighted by Gasteiger charge is -2.08. The van der Waals surface area contributed by atoms with E-state index < -0.39 is 0 Å². The van der Waals surface area contributed by atoms with Gasteiger partial charge in [0.25, 0.3) is 5.91 Å². The van der Waals surface area contributed by atoms with Gasteiger partial charge in [0, 0.05) is 16.2 Å². The number of halogens is 1. The van der Waals surface area contributed by atoms with Crippen molar-refractivity contribution >= 4 is 27.5 Å². The molecule has 0 spiro atoms. The second-order valence-electron chi connectivity index (χ2n) is 7.18. The molecule has 1 amide bonds. The SMILES string of the molecule is COc1cccc(Cn2cc(NC(=O)c3cccc(COc4ccc(Br)cc4)c3)cn2)c1. The normalized spacial score (nSPS) is 10.6. The molecule has 6 nitrogen and oxygen atoms in total. The molecule has 3 aromatic carbocycles. The molecule has 1 heterocycles. The number of carbonyl (C=O) groups excluding carboxylic acids is 1. The summed E-state index contributed by atoms with van der Waals surface area (Å²) >= 11 is 3.41. The fourth-order valence-corrected chi connectivity index (χ4v) is 3.44. The van der Waals surface area contributed by atoms with Gasteiger partial charge in [-0.05, 0) is 59.7 Å². The van der Waals surface area contributed by atoms with Gasteiger partial charge in [-0.2, -0.15) is 5.10 Å². The van der Waals surface area contributed by atoms with Crippen LogP contribution < -0.4 is 14.8 Å². The number of ether oxygens (including phenoxy) is 2. The summed E-state index contributed by atoms with van der Waals surface area (Å²) in [5.74, 6) is 1.37. The molecule has 1 N–H and O–H groups in total. The monoisotopic (exact) mass is 491 g/mol. The van der Waals surface area contributed by atoms with Crippen molar-refractivity contribution in [2.45, 2.75) is 13.2 Å². The molecule has 0 aliphatic rings. The Hall–Kier alpha value is -3.58. The Balaban J connectivity index is 1.36. The number of nitrogens with zero attached hydrogens (tertiary/aromatic N) is 2. The van der Waals surface area contributed by atoms with E-state index in [1.807, 2.05) is 66.7 Å². The van der Waals surface area contributed by atoms with Crippen molar-refractivity contribution in [1.29, 1.82) is 0 Å². The maximum absolute atomic E-state index is 12.7. The van der Waals surface area contributed by atoms with Crippen LogP contribution >= 0.6 is 15.9 Å². The summed E-state index contributed by atoms with van der Waals surface area (Å²) in [6.45, 7) is 0.956. The zero-order valence-electron chi connectivity index (χ0n) is 17.5. The second-order valence-corrected chi connectivity index (χ2v) is 8.09. The number of amides is 1. The predicted molar refractivity (Wildman–Crippen MR) is 127 cm³/mol. The van der Waals surface area contributed by atoms with E-state index in [2.05, 4.69) is 26.3 Å². The number of benzene rings is 3. The first-order valence-corrected chi connectivity index (χ1v) is 10.8. The summed E-state index contributed by atoms with van der Waals surface area (Å²) in [7, 11) is 1.64. The molecule has 0 aliphatic carbocycles. The second kappa shape index (κ2) is 10.2. The van der Waals surface area contributed by atoms with Crippen molar-refractivity contribution in [3.05, 3.63) is 106 Å². The Kier molecular flexibility index (Phi) is 6.87. The molecule has 0 aliphatic heterocycles. The predicted octanol–water partition coefficient (Wildman–Crippen LogP) is 5.53. The quantitative estimate of drug-likeness (QED) is 0.351. The topological polar surface area (TPSA) is 65.4 Å². The zero-order valence-corrected chi connectivity index (χ0v) is 19.1. The van der Waals surface area contributed by atoms with Crippen molar-refractivity contribution in [3.63, 3.8) is 0 Å². The maximum Gasteiger partial charge on any atom is 0.255 e. The van der Waals surface area contributed by atoms with Crippen LogP contribution in [-0.4, -0.2) is 22.8 Å². The molecule has 32 heavy (non-hydrogen) atoms. The minimum Gasteiger partial charge on any atom is -0.497 e. The summed E-state index contributed by atoms with van der Waals surface area (Å²) in [6, 6.07) is 22.8. The number of anilines is 1. The molecule has 4 aromatic rings. The highest BCUT2D eigenvalue weighted by Gasteiger charge is 2.09. The van der Waals surface area contributed by atoms with Gasteiger partial charge in [0.05, 0.1) is 25.5 Å². The lowest BCUT2D eigenvalue weighted by atomic mass is 10.1. The first kappa shape index (κ1) is 21.6. The van der Waals surface area contributed by atoms with Crippen LogP contribution in [0.25, 0.3) is 0 Å². The van der Waals surface area contributed by atoms with Crippen LogP contribution in [0.3, 0.4) is 0 Å². The highest BCUT2D eigenvalue weighted by Crippen LogP contribution is 2.18. The summed E-state index contributed by atoms with van der Waals surface area (Å²) in [6.07, 6.45) is 3.44. The van der Waals surface area contributed by atoms with Crippen molar-refractivity contribution in [2.75, 3.05) is 12.4 Å². The van der Waals surface area contributed by atoms with Crippen molar-refractivity contribution < 1.29 is 14.3 Å². The summed E-state index contributed by atoms with van der Waals surface area (Å²) < 4.78 is 13.8. The van der Waals surface area contributed by atoms with E-state index in [4.69, 9.17) is 9.47 Å². The van der Waals surface area contributed by atoms with Gasteiger partial charge in [-0.15, -0.1) is 0 Å². The number of methoxy groups -OCH3 is 1. The third-order valence-corrected chi connectivity index (χ3v) is 5.31. The molecule has 7 heteroatoms. The van der Waals surface area contributed by atoms with Gasteiger partial charge >= 0.3 is 0 Å². The Morgan fingerprint density at radius 1 is 1.00 bits per heavy atom. The fourth-order valence-electron chi connectivity index (χ4n) is 3.18. The standard InChI is InChI=1S/C25H22BrN3O3/c1-31-24-7-3-4-18(13-24)15-29-16-22(14-27-29)28-25(30)20-6-2-5-19(12-20)17-32-23-10-8-21(26)9-11-23/h2-14,16H,15,17H2,1H3,(H,28,30). The van der Waals surface area contributed by atoms with Crippen LogP contribution in [0.5, 0.6) is 11.5 Å². The average molecular weight is 492 g/mol. The molecule has 0 bridgehead atoms. The van der Waals surface area contributed by atoms with E-state index in [-0.39, 0.29) is 5.91 Å². The Labute approximate surface area is 194 Å². The largest absolute Gasteiger partial charge is 0.497 e. The van der Waals surface area contributed by atoms with Crippen LogP contribution in [0.1, 0.15) is 21.5 Å². The number of rotatable bonds is 8. The van der Waals surface area contributed by atoms with Crippen LogP contribution in [0.4, 0.5) is 5.69 Å². The first-order chi connectivity index (χ1) is 15.6. The van der Waals surface area contributed by atoms with E-state index in [0.717, 1.165) is 27.1 Å². The Morgan fingerprint density at radius 2 is 1.78 bits per heavy atom. The highest BCUT2D eigenvalue weighted by molar-refractivity contribution is 9.10. The van der Waals surface area contributed by atoms with Gasteiger partial charge in [-0.25, -0.2) is 0 Å². The highest BCUT2D eigenvalue weighted by atomic mass is 79.9. The van der Waals surface area contributed by atoms with Crippen LogP contribution in [-0.2, 0) is 13.2 Å². The van der Waals surface area contributed by atoms with E-state index in [0.29, 0.717) is 24.4 Å². The molecule has 0 fully saturated rings. The Bertz CT molecular complexity index is 1210. The molecule has 4 rings (SSSR count). The molecule has 0 saturated heterocycles. The van der Waals surface area contributed by atoms with Crippen molar-refractivity contribution in [3.8, 4) is 11.5 Å². The van der Waals surface area contributed by atoms with Crippen LogP contribution in [0.15, 0.2) is 89.7 Å². The van der Waals surface area contributed by atoms with Crippen LogP contribution in [0.2, 0.25) is 0 Å². The van der Waals surface area contributed by atoms with Crippen molar-refractivity contribution in [1.82, 2.24) is 9.78 Å². The lowest BCUT2D eigenvalue weighted by molar-refractivity contribution is 0.102. The molecule has 1 aromatic heterocycles. The molecule has 0 unspecified atom stereocenters. The van der Waals surface area contributed by atoms with Gasteiger partial charge in [0.1, 0.15) is 18.1 Å². The van der Waals surface area contributed by atoms with Crippen LogP contribution in [0, 0.1) is 0 Å². The van der Waals surface area contributed by atoms with Gasteiger partial charge in [0.15, 0.2) is 0 Å². The average Bonchev–Trinajstić information content (AvgIpc) is 3.25. The van der Waals surface area contributed by atoms with Gasteiger partial charge in [-0.1, -0.05) is 40.2 Å². The number of aromatic nitrogens is 2. The molecular weight excluding hydrogens is 470 g/mol. The third kappa shape index (κ3) is 5.76. The number of hydrogen-bond acceptors (Lipinski definition) is 4. The van der Waals surface area contributed by atoms with Gasteiger partial charge in [-0.3, -0.25) is 9.48 Å². The third-order valence-electron chi connectivity index (χ3n) is 4.78. The van der Waals surface area contributed by atoms with E-state index in [1.165, 1.54) is 0 Å². The maximum atomic E-state index is 12.7. The minimum absolute atomic E-state index is 0.198.